The Hall–Kier alpha value is -3.27. The van der Waals surface area contributed by atoms with E-state index in [0.717, 1.165) is 9.87 Å². The van der Waals surface area contributed by atoms with Crippen molar-refractivity contribution in [3.63, 3.8) is 0 Å². The molecular formula is C31H37Cl2N3O5S. The van der Waals surface area contributed by atoms with Gasteiger partial charge in [-0.25, -0.2) is 8.42 Å². The lowest BCUT2D eigenvalue weighted by Gasteiger charge is -2.34. The first kappa shape index (κ1) is 33.2. The fourth-order valence-corrected chi connectivity index (χ4v) is 6.06. The first-order valence-electron chi connectivity index (χ1n) is 13.4. The standard InChI is InChI=1S/C31H37Cl2N3O5S/c1-7-28(30(38)34-31(3,4)5)35(19-22-10-17-26(32)27(33)18-22)29(37)20-36(23-11-13-24(41-6)14-12-23)42(39,40)25-15-8-21(2)9-16-25/h8-18,28H,7,19-20H2,1-6H3,(H,34,38). The zero-order valence-electron chi connectivity index (χ0n) is 24.6. The molecule has 3 aromatic rings. The summed E-state index contributed by atoms with van der Waals surface area (Å²) in [6, 6.07) is 16.9. The molecule has 0 saturated carbocycles. The fraction of sp³-hybridized carbons (Fsp3) is 0.355. The normalized spacial score (nSPS) is 12.4. The molecule has 1 unspecified atom stereocenters. The lowest BCUT2D eigenvalue weighted by molar-refractivity contribution is -0.141. The van der Waals surface area contributed by atoms with E-state index in [1.54, 1.807) is 61.5 Å². The van der Waals surface area contributed by atoms with Crippen molar-refractivity contribution in [3.8, 4) is 5.75 Å². The number of ether oxygens (including phenoxy) is 1. The molecule has 0 bridgehead atoms. The van der Waals surface area contributed by atoms with Crippen LogP contribution in [-0.2, 0) is 26.2 Å². The Morgan fingerprint density at radius 2 is 1.57 bits per heavy atom. The van der Waals surface area contributed by atoms with Gasteiger partial charge in [0.15, 0.2) is 0 Å². The van der Waals surface area contributed by atoms with Crippen molar-refractivity contribution in [3.05, 3.63) is 87.9 Å². The number of methoxy groups -OCH3 is 1. The van der Waals surface area contributed by atoms with Crippen LogP contribution in [0.5, 0.6) is 5.75 Å². The lowest BCUT2D eigenvalue weighted by Crippen LogP contribution is -2.55. The molecule has 0 aliphatic carbocycles. The SMILES string of the molecule is CCC(C(=O)NC(C)(C)C)N(Cc1ccc(Cl)c(Cl)c1)C(=O)CN(c1ccc(OC)cc1)S(=O)(=O)c1ccc(C)cc1. The second-order valence-electron chi connectivity index (χ2n) is 11.0. The molecule has 8 nitrogen and oxygen atoms in total. The van der Waals surface area contributed by atoms with Crippen molar-refractivity contribution < 1.29 is 22.7 Å². The Balaban J connectivity index is 2.09. The van der Waals surface area contributed by atoms with Crippen LogP contribution < -0.4 is 14.4 Å². The van der Waals surface area contributed by atoms with Gasteiger partial charge in [-0.3, -0.25) is 13.9 Å². The molecule has 0 spiro atoms. The van der Waals surface area contributed by atoms with Gasteiger partial charge < -0.3 is 15.0 Å². The van der Waals surface area contributed by atoms with E-state index in [0.29, 0.717) is 27.8 Å². The number of sulfonamides is 1. The Bertz CT molecular complexity index is 1510. The molecule has 0 aromatic heterocycles. The number of benzene rings is 3. The molecule has 0 aliphatic heterocycles. The number of halogens is 2. The summed E-state index contributed by atoms with van der Waals surface area (Å²) in [7, 11) is -2.67. The summed E-state index contributed by atoms with van der Waals surface area (Å²) in [6.45, 7) is 8.66. The third kappa shape index (κ3) is 8.40. The van der Waals surface area contributed by atoms with E-state index in [1.165, 1.54) is 24.1 Å². The van der Waals surface area contributed by atoms with Gasteiger partial charge in [0, 0.05) is 12.1 Å². The van der Waals surface area contributed by atoms with Crippen LogP contribution in [0.15, 0.2) is 71.6 Å². The third-order valence-corrected chi connectivity index (χ3v) is 9.00. The minimum Gasteiger partial charge on any atom is -0.497 e. The number of rotatable bonds is 11. The summed E-state index contributed by atoms with van der Waals surface area (Å²) >= 11 is 12.4. The zero-order valence-corrected chi connectivity index (χ0v) is 27.0. The molecule has 2 amide bonds. The summed E-state index contributed by atoms with van der Waals surface area (Å²) in [6.07, 6.45) is 0.294. The Kier molecular flexibility index (Phi) is 10.9. The molecule has 0 saturated heterocycles. The number of hydrogen-bond acceptors (Lipinski definition) is 5. The number of aryl methyl sites for hydroxylation is 1. The summed E-state index contributed by atoms with van der Waals surface area (Å²) in [5.74, 6) is -0.386. The average molecular weight is 635 g/mol. The van der Waals surface area contributed by atoms with Crippen LogP contribution >= 0.6 is 23.2 Å². The van der Waals surface area contributed by atoms with Crippen LogP contribution in [0.25, 0.3) is 0 Å². The van der Waals surface area contributed by atoms with Crippen LogP contribution in [0.1, 0.15) is 45.2 Å². The highest BCUT2D eigenvalue weighted by Gasteiger charge is 2.34. The molecular weight excluding hydrogens is 597 g/mol. The largest absolute Gasteiger partial charge is 0.497 e. The third-order valence-electron chi connectivity index (χ3n) is 6.47. The highest BCUT2D eigenvalue weighted by Crippen LogP contribution is 2.28. The van der Waals surface area contributed by atoms with E-state index in [2.05, 4.69) is 5.32 Å². The van der Waals surface area contributed by atoms with Crippen LogP contribution in [0.4, 0.5) is 5.69 Å². The van der Waals surface area contributed by atoms with Gasteiger partial charge in [0.2, 0.25) is 11.8 Å². The van der Waals surface area contributed by atoms with Crippen LogP contribution in [0.3, 0.4) is 0 Å². The van der Waals surface area contributed by atoms with Crippen molar-refractivity contribution in [1.29, 1.82) is 0 Å². The number of carbonyl (C=O) groups is 2. The van der Waals surface area contributed by atoms with E-state index in [9.17, 15) is 18.0 Å². The topological polar surface area (TPSA) is 96.0 Å². The molecule has 11 heteroatoms. The molecule has 3 rings (SSSR count). The molecule has 226 valence electrons. The predicted octanol–water partition coefficient (Wildman–Crippen LogP) is 6.23. The summed E-state index contributed by atoms with van der Waals surface area (Å²) in [5, 5.41) is 3.60. The van der Waals surface area contributed by atoms with Crippen LogP contribution in [0, 0.1) is 6.92 Å². The molecule has 0 aliphatic rings. The van der Waals surface area contributed by atoms with Crippen molar-refractivity contribution in [2.75, 3.05) is 18.0 Å². The maximum absolute atomic E-state index is 14.2. The number of nitrogens with one attached hydrogen (secondary N) is 1. The van der Waals surface area contributed by atoms with Gasteiger partial charge in [-0.15, -0.1) is 0 Å². The maximum atomic E-state index is 14.2. The summed E-state index contributed by atoms with van der Waals surface area (Å²) in [5.41, 5.74) is 1.25. The molecule has 3 aromatic carbocycles. The van der Waals surface area contributed by atoms with Crippen molar-refractivity contribution >= 4 is 50.7 Å². The number of hydrogen-bond donors (Lipinski definition) is 1. The van der Waals surface area contributed by atoms with Gasteiger partial charge in [0.1, 0.15) is 18.3 Å². The average Bonchev–Trinajstić information content (AvgIpc) is 2.92. The first-order chi connectivity index (χ1) is 19.7. The number of anilines is 1. The van der Waals surface area contributed by atoms with Gasteiger partial charge in [-0.2, -0.15) is 0 Å². The highest BCUT2D eigenvalue weighted by atomic mass is 35.5. The molecule has 0 radical (unpaired) electrons. The minimum atomic E-state index is -4.18. The Labute approximate surface area is 258 Å². The van der Waals surface area contributed by atoms with Gasteiger partial charge in [0.05, 0.1) is 27.7 Å². The monoisotopic (exact) mass is 633 g/mol. The Morgan fingerprint density at radius 1 is 0.952 bits per heavy atom. The van der Waals surface area contributed by atoms with Crippen LogP contribution in [0.2, 0.25) is 10.0 Å². The number of carbonyl (C=O) groups excluding carboxylic acids is 2. The zero-order chi connectivity index (χ0) is 31.2. The molecule has 0 heterocycles. The lowest BCUT2D eigenvalue weighted by atomic mass is 10.1. The van der Waals surface area contributed by atoms with Gasteiger partial charge in [0.25, 0.3) is 10.0 Å². The van der Waals surface area contributed by atoms with E-state index in [1.807, 2.05) is 27.7 Å². The predicted molar refractivity (Wildman–Crippen MR) is 168 cm³/mol. The summed E-state index contributed by atoms with van der Waals surface area (Å²) < 4.78 is 34.2. The molecule has 0 fully saturated rings. The van der Waals surface area contributed by atoms with Crippen molar-refractivity contribution in [2.24, 2.45) is 0 Å². The number of amides is 2. The van der Waals surface area contributed by atoms with Crippen molar-refractivity contribution in [1.82, 2.24) is 10.2 Å². The molecule has 42 heavy (non-hydrogen) atoms. The van der Waals surface area contributed by atoms with E-state index < -0.39 is 34.1 Å². The van der Waals surface area contributed by atoms with Crippen molar-refractivity contribution in [2.45, 2.75) is 64.1 Å². The summed E-state index contributed by atoms with van der Waals surface area (Å²) in [4.78, 5) is 29.0. The van der Waals surface area contributed by atoms with E-state index in [4.69, 9.17) is 27.9 Å². The quantitative estimate of drug-likeness (QED) is 0.270. The highest BCUT2D eigenvalue weighted by molar-refractivity contribution is 7.92. The second kappa shape index (κ2) is 13.8. The smallest absolute Gasteiger partial charge is 0.264 e. The first-order valence-corrected chi connectivity index (χ1v) is 15.6. The van der Waals surface area contributed by atoms with E-state index in [-0.39, 0.29) is 23.0 Å². The van der Waals surface area contributed by atoms with Gasteiger partial charge in [-0.1, -0.05) is 53.9 Å². The fourth-order valence-electron chi connectivity index (χ4n) is 4.32. The number of nitrogens with zero attached hydrogens (tertiary/aromatic N) is 2. The van der Waals surface area contributed by atoms with Gasteiger partial charge >= 0.3 is 0 Å². The maximum Gasteiger partial charge on any atom is 0.264 e. The second-order valence-corrected chi connectivity index (χ2v) is 13.6. The van der Waals surface area contributed by atoms with Gasteiger partial charge in [-0.05, 0) is 88.2 Å². The minimum absolute atomic E-state index is 0.00677. The van der Waals surface area contributed by atoms with E-state index >= 15 is 0 Å². The molecule has 1 atom stereocenters. The molecule has 1 N–H and O–H groups in total. The van der Waals surface area contributed by atoms with Crippen LogP contribution in [-0.4, -0.2) is 50.4 Å². The Morgan fingerprint density at radius 3 is 2.10 bits per heavy atom.